The van der Waals surface area contributed by atoms with Gasteiger partial charge in [0.1, 0.15) is 0 Å². The van der Waals surface area contributed by atoms with E-state index in [0.717, 1.165) is 32.5 Å². The van der Waals surface area contributed by atoms with E-state index < -0.39 is 0 Å². The standard InChI is InChI=1S/C16H31N3O2/c1-13(2)18-7-3-5-14(10-18)9-17-16(21)19-8-4-6-15(11-19)12-20/h13-15,20H,3-12H2,1-2H3,(H,17,21)/t14-,15+/m0/s1. The first kappa shape index (κ1) is 16.6. The normalized spacial score (nSPS) is 27.9. The molecule has 0 radical (unpaired) electrons. The highest BCUT2D eigenvalue weighted by Gasteiger charge is 2.25. The number of likely N-dealkylation sites (tertiary alicyclic amines) is 2. The van der Waals surface area contributed by atoms with Crippen molar-refractivity contribution in [2.24, 2.45) is 11.8 Å². The van der Waals surface area contributed by atoms with Gasteiger partial charge in [-0.1, -0.05) is 0 Å². The van der Waals surface area contributed by atoms with Crippen molar-refractivity contribution in [3.63, 3.8) is 0 Å². The number of aliphatic hydroxyl groups excluding tert-OH is 1. The van der Waals surface area contributed by atoms with Gasteiger partial charge in [0, 0.05) is 38.8 Å². The Morgan fingerprint density at radius 2 is 1.90 bits per heavy atom. The van der Waals surface area contributed by atoms with Crippen LogP contribution >= 0.6 is 0 Å². The molecule has 0 unspecified atom stereocenters. The molecule has 5 nitrogen and oxygen atoms in total. The van der Waals surface area contributed by atoms with Crippen molar-refractivity contribution in [2.75, 3.05) is 39.3 Å². The first-order valence-corrected chi connectivity index (χ1v) is 8.47. The van der Waals surface area contributed by atoms with Gasteiger partial charge in [0.2, 0.25) is 0 Å². The minimum Gasteiger partial charge on any atom is -0.396 e. The van der Waals surface area contributed by atoms with E-state index in [9.17, 15) is 9.90 Å². The maximum atomic E-state index is 12.2. The van der Waals surface area contributed by atoms with Crippen LogP contribution in [-0.4, -0.2) is 66.3 Å². The summed E-state index contributed by atoms with van der Waals surface area (Å²) in [4.78, 5) is 16.6. The third kappa shape index (κ3) is 4.85. The number of piperidine rings is 2. The van der Waals surface area contributed by atoms with Crippen LogP contribution in [0.25, 0.3) is 0 Å². The van der Waals surface area contributed by atoms with Gasteiger partial charge in [0.25, 0.3) is 0 Å². The second-order valence-electron chi connectivity index (χ2n) is 6.92. The van der Waals surface area contributed by atoms with E-state index in [4.69, 9.17) is 0 Å². The molecule has 2 fully saturated rings. The van der Waals surface area contributed by atoms with Crippen molar-refractivity contribution in [1.82, 2.24) is 15.1 Å². The van der Waals surface area contributed by atoms with Crippen molar-refractivity contribution in [3.05, 3.63) is 0 Å². The van der Waals surface area contributed by atoms with Crippen molar-refractivity contribution in [3.8, 4) is 0 Å². The summed E-state index contributed by atoms with van der Waals surface area (Å²) in [6.07, 6.45) is 4.48. The lowest BCUT2D eigenvalue weighted by molar-refractivity contribution is 0.121. The summed E-state index contributed by atoms with van der Waals surface area (Å²) < 4.78 is 0. The zero-order chi connectivity index (χ0) is 15.2. The maximum Gasteiger partial charge on any atom is 0.317 e. The summed E-state index contributed by atoms with van der Waals surface area (Å²) in [5, 5.41) is 12.3. The quantitative estimate of drug-likeness (QED) is 0.827. The third-order valence-electron chi connectivity index (χ3n) is 4.89. The molecule has 5 heteroatoms. The van der Waals surface area contributed by atoms with Crippen LogP contribution in [0.5, 0.6) is 0 Å². The fraction of sp³-hybridized carbons (Fsp3) is 0.938. The van der Waals surface area contributed by atoms with Gasteiger partial charge < -0.3 is 20.2 Å². The van der Waals surface area contributed by atoms with Crippen molar-refractivity contribution in [1.29, 1.82) is 0 Å². The van der Waals surface area contributed by atoms with Gasteiger partial charge in [0.05, 0.1) is 0 Å². The summed E-state index contributed by atoms with van der Waals surface area (Å²) >= 11 is 0. The fourth-order valence-electron chi connectivity index (χ4n) is 3.47. The van der Waals surface area contributed by atoms with E-state index in [1.54, 1.807) is 0 Å². The zero-order valence-corrected chi connectivity index (χ0v) is 13.6. The van der Waals surface area contributed by atoms with Crippen molar-refractivity contribution >= 4 is 6.03 Å². The molecule has 2 amide bonds. The minimum absolute atomic E-state index is 0.0508. The number of rotatable bonds is 4. The molecule has 0 aromatic carbocycles. The summed E-state index contributed by atoms with van der Waals surface area (Å²) in [7, 11) is 0. The Morgan fingerprint density at radius 1 is 1.19 bits per heavy atom. The Labute approximate surface area is 128 Å². The number of amides is 2. The van der Waals surface area contributed by atoms with Crippen LogP contribution in [0.1, 0.15) is 39.5 Å². The average Bonchev–Trinajstić information content (AvgIpc) is 2.53. The first-order chi connectivity index (χ1) is 10.1. The number of carbonyl (C=O) groups is 1. The van der Waals surface area contributed by atoms with Gasteiger partial charge in [0.15, 0.2) is 0 Å². The lowest BCUT2D eigenvalue weighted by atomic mass is 9.97. The number of hydrogen-bond donors (Lipinski definition) is 2. The van der Waals surface area contributed by atoms with Gasteiger partial charge in [-0.25, -0.2) is 4.79 Å². The van der Waals surface area contributed by atoms with Crippen LogP contribution in [0.15, 0.2) is 0 Å². The van der Waals surface area contributed by atoms with Crippen molar-refractivity contribution in [2.45, 2.75) is 45.6 Å². The largest absolute Gasteiger partial charge is 0.396 e. The molecule has 21 heavy (non-hydrogen) atoms. The van der Waals surface area contributed by atoms with E-state index in [1.165, 1.54) is 19.4 Å². The van der Waals surface area contributed by atoms with Gasteiger partial charge in [-0.3, -0.25) is 0 Å². The number of nitrogens with zero attached hydrogens (tertiary/aromatic N) is 2. The molecule has 2 heterocycles. The molecule has 0 aromatic heterocycles. The molecule has 0 aromatic rings. The molecule has 2 aliphatic rings. The topological polar surface area (TPSA) is 55.8 Å². The highest BCUT2D eigenvalue weighted by Crippen LogP contribution is 2.18. The molecule has 0 spiro atoms. The summed E-state index contributed by atoms with van der Waals surface area (Å²) in [6, 6.07) is 0.644. The van der Waals surface area contributed by atoms with Crippen LogP contribution in [0.2, 0.25) is 0 Å². The number of carbonyl (C=O) groups excluding carboxylic acids is 1. The molecule has 0 bridgehead atoms. The Kier molecular flexibility index (Phi) is 6.30. The van der Waals surface area contributed by atoms with Gasteiger partial charge in [-0.15, -0.1) is 0 Å². The molecule has 122 valence electrons. The number of aliphatic hydroxyl groups is 1. The molecule has 0 aliphatic carbocycles. The minimum atomic E-state index is 0.0508. The first-order valence-electron chi connectivity index (χ1n) is 8.47. The third-order valence-corrected chi connectivity index (χ3v) is 4.89. The monoisotopic (exact) mass is 297 g/mol. The van der Waals surface area contributed by atoms with Gasteiger partial charge in [-0.05, 0) is 57.9 Å². The van der Waals surface area contributed by atoms with Crippen LogP contribution in [0, 0.1) is 11.8 Å². The van der Waals surface area contributed by atoms with Gasteiger partial charge >= 0.3 is 6.03 Å². The molecule has 2 rings (SSSR count). The Balaban J connectivity index is 1.73. The highest BCUT2D eigenvalue weighted by molar-refractivity contribution is 5.74. The number of urea groups is 1. The second-order valence-corrected chi connectivity index (χ2v) is 6.92. The maximum absolute atomic E-state index is 12.2. The predicted molar refractivity (Wildman–Crippen MR) is 84.2 cm³/mol. The van der Waals surface area contributed by atoms with E-state index in [2.05, 4.69) is 24.1 Å². The smallest absolute Gasteiger partial charge is 0.317 e. The van der Waals surface area contributed by atoms with E-state index in [1.807, 2.05) is 4.90 Å². The molecular weight excluding hydrogens is 266 g/mol. The summed E-state index contributed by atoms with van der Waals surface area (Å²) in [6.45, 7) is 9.26. The summed E-state index contributed by atoms with van der Waals surface area (Å²) in [5.41, 5.74) is 0. The Morgan fingerprint density at radius 3 is 2.62 bits per heavy atom. The second kappa shape index (κ2) is 7.99. The Hall–Kier alpha value is -0.810. The number of nitrogens with one attached hydrogen (secondary N) is 1. The van der Waals surface area contributed by atoms with E-state index in [-0.39, 0.29) is 18.6 Å². The number of hydrogen-bond acceptors (Lipinski definition) is 3. The van der Waals surface area contributed by atoms with Crippen LogP contribution in [0.3, 0.4) is 0 Å². The van der Waals surface area contributed by atoms with Crippen LogP contribution in [0.4, 0.5) is 4.79 Å². The van der Waals surface area contributed by atoms with Gasteiger partial charge in [-0.2, -0.15) is 0 Å². The lowest BCUT2D eigenvalue weighted by Gasteiger charge is -2.36. The van der Waals surface area contributed by atoms with Crippen LogP contribution in [-0.2, 0) is 0 Å². The predicted octanol–water partition coefficient (Wildman–Crippen LogP) is 1.52. The molecule has 2 atom stereocenters. The lowest BCUT2D eigenvalue weighted by Crippen LogP contribution is -2.49. The molecule has 0 saturated carbocycles. The van der Waals surface area contributed by atoms with E-state index in [0.29, 0.717) is 18.5 Å². The zero-order valence-electron chi connectivity index (χ0n) is 13.6. The molecule has 2 aliphatic heterocycles. The van der Waals surface area contributed by atoms with Crippen LogP contribution < -0.4 is 5.32 Å². The Bertz CT molecular complexity index is 335. The molecule has 2 N–H and O–H groups in total. The average molecular weight is 297 g/mol. The fourth-order valence-corrected chi connectivity index (χ4v) is 3.47. The highest BCUT2D eigenvalue weighted by atomic mass is 16.3. The SMILES string of the molecule is CC(C)N1CCC[C@@H](CNC(=O)N2CCC[C@@H](CO)C2)C1. The van der Waals surface area contributed by atoms with Crippen molar-refractivity contribution < 1.29 is 9.90 Å². The molecule has 2 saturated heterocycles. The van der Waals surface area contributed by atoms with E-state index >= 15 is 0 Å². The molecular formula is C16H31N3O2. The summed E-state index contributed by atoms with van der Waals surface area (Å²) in [5.74, 6) is 0.833.